The van der Waals surface area contributed by atoms with Crippen LogP contribution in [0, 0.1) is 6.92 Å². The smallest absolute Gasteiger partial charge is 0.272 e. The van der Waals surface area contributed by atoms with Crippen LogP contribution in [0.25, 0.3) is 10.9 Å². The predicted octanol–water partition coefficient (Wildman–Crippen LogP) is 1.35. The van der Waals surface area contributed by atoms with Gasteiger partial charge in [-0.05, 0) is 45.0 Å². The summed E-state index contributed by atoms with van der Waals surface area (Å²) >= 11 is 0. The molecular weight excluding hydrogens is 240 g/mol. The Bertz CT molecular complexity index is 599. The fourth-order valence-electron chi connectivity index (χ4n) is 2.52. The van der Waals surface area contributed by atoms with Crippen molar-refractivity contribution in [1.82, 2.24) is 20.8 Å². The fraction of sp³-hybridized carbons (Fsp3) is 0.429. The average Bonchev–Trinajstić information content (AvgIpc) is 2.82. The molecule has 2 aromatic rings. The van der Waals surface area contributed by atoms with Gasteiger partial charge in [0.2, 0.25) is 0 Å². The second kappa shape index (κ2) is 5.01. The number of carbonyl (C=O) groups excluding carboxylic acids is 1. The van der Waals surface area contributed by atoms with Crippen LogP contribution in [-0.4, -0.2) is 35.2 Å². The Kier molecular flexibility index (Phi) is 3.21. The second-order valence-electron chi connectivity index (χ2n) is 5.12. The predicted molar refractivity (Wildman–Crippen MR) is 74.2 cm³/mol. The van der Waals surface area contributed by atoms with E-state index in [2.05, 4.69) is 20.8 Å². The number of aromatic nitrogens is 2. The van der Waals surface area contributed by atoms with E-state index in [9.17, 15) is 4.79 Å². The lowest BCUT2D eigenvalue weighted by molar-refractivity contribution is 0.0926. The van der Waals surface area contributed by atoms with E-state index in [-0.39, 0.29) is 11.9 Å². The number of rotatable bonds is 2. The molecule has 3 N–H and O–H groups in total. The molecule has 5 heteroatoms. The van der Waals surface area contributed by atoms with Crippen molar-refractivity contribution in [2.75, 3.05) is 13.1 Å². The number of H-pyrrole nitrogens is 1. The lowest BCUT2D eigenvalue weighted by Gasteiger charge is -2.23. The molecule has 1 aliphatic heterocycles. The molecule has 1 saturated heterocycles. The Balaban J connectivity index is 1.82. The number of carbonyl (C=O) groups is 1. The minimum atomic E-state index is -0.0799. The van der Waals surface area contributed by atoms with Gasteiger partial charge in [-0.3, -0.25) is 9.89 Å². The zero-order chi connectivity index (χ0) is 13.2. The third-order valence-electron chi connectivity index (χ3n) is 3.61. The summed E-state index contributed by atoms with van der Waals surface area (Å²) in [6.45, 7) is 3.94. The zero-order valence-corrected chi connectivity index (χ0v) is 11.0. The molecule has 0 unspecified atom stereocenters. The summed E-state index contributed by atoms with van der Waals surface area (Å²) in [4.78, 5) is 12.3. The van der Waals surface area contributed by atoms with Crippen molar-refractivity contribution in [2.45, 2.75) is 25.8 Å². The highest BCUT2D eigenvalue weighted by atomic mass is 16.2. The molecule has 0 saturated carbocycles. The standard InChI is InChI=1S/C14H18N4O/c1-9-2-3-12-11(8-9)13(18-17-12)14(19)16-10-4-6-15-7-5-10/h2-3,8,10,15H,4-7H2,1H3,(H,16,19)(H,17,18). The zero-order valence-electron chi connectivity index (χ0n) is 11.0. The number of benzene rings is 1. The highest BCUT2D eigenvalue weighted by Gasteiger charge is 2.19. The summed E-state index contributed by atoms with van der Waals surface area (Å²) in [5, 5.41) is 14.3. The van der Waals surface area contributed by atoms with Crippen LogP contribution < -0.4 is 10.6 Å². The molecule has 1 fully saturated rings. The van der Waals surface area contributed by atoms with Crippen molar-refractivity contribution in [3.8, 4) is 0 Å². The molecule has 100 valence electrons. The monoisotopic (exact) mass is 258 g/mol. The molecule has 0 aliphatic carbocycles. The molecule has 19 heavy (non-hydrogen) atoms. The minimum Gasteiger partial charge on any atom is -0.348 e. The molecule has 5 nitrogen and oxygen atoms in total. The summed E-state index contributed by atoms with van der Waals surface area (Å²) in [6, 6.07) is 6.22. The van der Waals surface area contributed by atoms with Gasteiger partial charge in [-0.2, -0.15) is 5.10 Å². The molecule has 1 aromatic carbocycles. The van der Waals surface area contributed by atoms with E-state index < -0.39 is 0 Å². The van der Waals surface area contributed by atoms with Crippen molar-refractivity contribution in [3.63, 3.8) is 0 Å². The van der Waals surface area contributed by atoms with E-state index in [1.54, 1.807) is 0 Å². The fourth-order valence-corrected chi connectivity index (χ4v) is 2.52. The van der Waals surface area contributed by atoms with Crippen molar-refractivity contribution in [3.05, 3.63) is 29.5 Å². The second-order valence-corrected chi connectivity index (χ2v) is 5.12. The van der Waals surface area contributed by atoms with Gasteiger partial charge in [0.25, 0.3) is 5.91 Å². The van der Waals surface area contributed by atoms with Gasteiger partial charge in [0.15, 0.2) is 5.69 Å². The number of hydrogen-bond donors (Lipinski definition) is 3. The van der Waals surface area contributed by atoms with Gasteiger partial charge in [0.1, 0.15) is 0 Å². The van der Waals surface area contributed by atoms with Gasteiger partial charge in [-0.15, -0.1) is 0 Å². The average molecular weight is 258 g/mol. The Labute approximate surface area is 111 Å². The number of nitrogens with zero attached hydrogens (tertiary/aromatic N) is 1. The molecule has 0 atom stereocenters. The van der Waals surface area contributed by atoms with E-state index in [0.29, 0.717) is 5.69 Å². The summed E-state index contributed by atoms with van der Waals surface area (Å²) in [6.07, 6.45) is 1.96. The van der Waals surface area contributed by atoms with Crippen LogP contribution in [0.1, 0.15) is 28.9 Å². The van der Waals surface area contributed by atoms with E-state index in [1.165, 1.54) is 0 Å². The van der Waals surface area contributed by atoms with Crippen LogP contribution in [0.5, 0.6) is 0 Å². The van der Waals surface area contributed by atoms with Crippen LogP contribution in [0.4, 0.5) is 0 Å². The molecule has 0 radical (unpaired) electrons. The summed E-state index contributed by atoms with van der Waals surface area (Å²) in [7, 11) is 0. The number of nitrogens with one attached hydrogen (secondary N) is 3. The van der Waals surface area contributed by atoms with Gasteiger partial charge in [-0.1, -0.05) is 11.6 Å². The summed E-state index contributed by atoms with van der Waals surface area (Å²) in [5.74, 6) is -0.0799. The summed E-state index contributed by atoms with van der Waals surface area (Å²) < 4.78 is 0. The highest BCUT2D eigenvalue weighted by Crippen LogP contribution is 2.17. The number of aryl methyl sites for hydroxylation is 1. The van der Waals surface area contributed by atoms with Gasteiger partial charge in [0.05, 0.1) is 5.52 Å². The Morgan fingerprint density at radius 3 is 2.95 bits per heavy atom. The summed E-state index contributed by atoms with van der Waals surface area (Å²) in [5.41, 5.74) is 2.53. The number of amides is 1. The maximum absolute atomic E-state index is 12.3. The molecule has 0 bridgehead atoms. The molecule has 2 heterocycles. The quantitative estimate of drug-likeness (QED) is 0.761. The first-order valence-corrected chi connectivity index (χ1v) is 6.70. The van der Waals surface area contributed by atoms with Crippen molar-refractivity contribution in [1.29, 1.82) is 0 Å². The Morgan fingerprint density at radius 1 is 1.37 bits per heavy atom. The van der Waals surface area contributed by atoms with E-state index in [1.807, 2.05) is 25.1 Å². The van der Waals surface area contributed by atoms with Crippen LogP contribution in [0.15, 0.2) is 18.2 Å². The first-order chi connectivity index (χ1) is 9.24. The van der Waals surface area contributed by atoms with Crippen LogP contribution in [0.3, 0.4) is 0 Å². The lowest BCUT2D eigenvalue weighted by atomic mass is 10.1. The first-order valence-electron chi connectivity index (χ1n) is 6.70. The molecular formula is C14H18N4O. The molecule has 0 spiro atoms. The van der Waals surface area contributed by atoms with Gasteiger partial charge < -0.3 is 10.6 Å². The minimum absolute atomic E-state index is 0.0799. The number of hydrogen-bond acceptors (Lipinski definition) is 3. The molecule has 1 aromatic heterocycles. The van der Waals surface area contributed by atoms with Gasteiger partial charge in [0, 0.05) is 11.4 Å². The van der Waals surface area contributed by atoms with Gasteiger partial charge >= 0.3 is 0 Å². The highest BCUT2D eigenvalue weighted by molar-refractivity contribution is 6.04. The number of piperidine rings is 1. The van der Waals surface area contributed by atoms with Crippen LogP contribution in [-0.2, 0) is 0 Å². The normalized spacial score (nSPS) is 16.7. The Morgan fingerprint density at radius 2 is 2.16 bits per heavy atom. The topological polar surface area (TPSA) is 69.8 Å². The molecule has 1 aliphatic rings. The van der Waals surface area contributed by atoms with E-state index >= 15 is 0 Å². The van der Waals surface area contributed by atoms with Crippen LogP contribution in [0.2, 0.25) is 0 Å². The number of fused-ring (bicyclic) bond motifs is 1. The third-order valence-corrected chi connectivity index (χ3v) is 3.61. The molecule has 1 amide bonds. The van der Waals surface area contributed by atoms with Gasteiger partial charge in [-0.25, -0.2) is 0 Å². The van der Waals surface area contributed by atoms with E-state index in [0.717, 1.165) is 42.4 Å². The lowest BCUT2D eigenvalue weighted by Crippen LogP contribution is -2.42. The maximum atomic E-state index is 12.3. The largest absolute Gasteiger partial charge is 0.348 e. The van der Waals surface area contributed by atoms with Crippen LogP contribution >= 0.6 is 0 Å². The van der Waals surface area contributed by atoms with Crippen molar-refractivity contribution in [2.24, 2.45) is 0 Å². The maximum Gasteiger partial charge on any atom is 0.272 e. The number of aromatic amines is 1. The molecule has 3 rings (SSSR count). The van der Waals surface area contributed by atoms with E-state index in [4.69, 9.17) is 0 Å². The van der Waals surface area contributed by atoms with Crippen molar-refractivity contribution >= 4 is 16.8 Å². The third kappa shape index (κ3) is 2.46. The van der Waals surface area contributed by atoms with Crippen molar-refractivity contribution < 1.29 is 4.79 Å². The SMILES string of the molecule is Cc1ccc2[nH]nc(C(=O)NC3CCNCC3)c2c1. The first kappa shape index (κ1) is 12.2. The Hall–Kier alpha value is -1.88.